The van der Waals surface area contributed by atoms with E-state index in [0.29, 0.717) is 9.12 Å². The average Bonchev–Trinajstić information content (AvgIpc) is 2.57. The number of nitrogens with one attached hydrogen (secondary N) is 1. The van der Waals surface area contributed by atoms with E-state index in [0.717, 1.165) is 0 Å². The molecule has 0 aliphatic heterocycles. The van der Waals surface area contributed by atoms with E-state index < -0.39 is 27.2 Å². The predicted octanol–water partition coefficient (Wildman–Crippen LogP) is 5.23. The second-order valence-corrected chi connectivity index (χ2v) is 11.8. The van der Waals surface area contributed by atoms with Gasteiger partial charge in [0.25, 0.3) is 0 Å². The first kappa shape index (κ1) is 21.3. The Balaban J connectivity index is 3.06. The Hall–Kier alpha value is -0.781. The maximum absolute atomic E-state index is 11.1. The topological polar surface area (TPSA) is 62.2 Å². The van der Waals surface area contributed by atoms with Gasteiger partial charge in [-0.15, -0.1) is 0 Å². The van der Waals surface area contributed by atoms with Crippen LogP contribution in [0.3, 0.4) is 0 Å². The maximum atomic E-state index is 11.1. The van der Waals surface area contributed by atoms with E-state index in [1.807, 2.05) is 6.20 Å². The first-order valence-corrected chi connectivity index (χ1v) is 12.1. The van der Waals surface area contributed by atoms with Crippen molar-refractivity contribution in [1.29, 1.82) is 0 Å². The monoisotopic (exact) mass is 440 g/mol. The zero-order chi connectivity index (χ0) is 17.8. The van der Waals surface area contributed by atoms with Crippen molar-refractivity contribution < 1.29 is 9.90 Å². The molecule has 0 aliphatic rings. The third-order valence-corrected chi connectivity index (χ3v) is 10.2. The number of hydrogen-bond acceptors (Lipinski definition) is 2. The molecule has 0 atom stereocenters. The van der Waals surface area contributed by atoms with Gasteiger partial charge in [-0.1, -0.05) is 0 Å². The number of carboxylic acid groups (broad SMARTS) is 1. The zero-order valence-electron chi connectivity index (χ0n) is 15.4. The van der Waals surface area contributed by atoms with Gasteiger partial charge in [-0.2, -0.15) is 0 Å². The van der Waals surface area contributed by atoms with Crippen molar-refractivity contribution in [2.45, 2.75) is 82.0 Å². The minimum atomic E-state index is -0.995. The molecule has 1 aromatic heterocycles. The van der Waals surface area contributed by atoms with E-state index in [4.69, 9.17) is 5.11 Å². The van der Waals surface area contributed by atoms with Crippen molar-refractivity contribution in [1.82, 2.24) is 4.98 Å². The second-order valence-electron chi connectivity index (χ2n) is 6.57. The standard InChI is InChI=1S/C13H27.C6H5N2O2.Sn/c1-4-7-10-13(11-8-5-2)12-9-6-3;9-6(10)8-5-2-1-3-7-4-5;/h4-12H2,1-3H3;1,3-4,8H,(H,9,10);. The van der Waals surface area contributed by atoms with Crippen LogP contribution in [-0.2, 0) is 0 Å². The van der Waals surface area contributed by atoms with Crippen LogP contribution in [0.2, 0.25) is 3.43 Å². The Morgan fingerprint density at radius 1 is 1.12 bits per heavy atom. The van der Waals surface area contributed by atoms with Crippen LogP contribution < -0.4 is 8.90 Å². The molecule has 1 heterocycles. The summed E-state index contributed by atoms with van der Waals surface area (Å²) in [6.45, 7) is 6.79. The number of amides is 1. The summed E-state index contributed by atoms with van der Waals surface area (Å²) in [5, 5.41) is 11.7. The van der Waals surface area contributed by atoms with Crippen LogP contribution in [-0.4, -0.2) is 37.3 Å². The first-order chi connectivity index (χ1) is 11.6. The fraction of sp³-hybridized carbons (Fsp3) is 0.684. The van der Waals surface area contributed by atoms with Crippen molar-refractivity contribution in [2.75, 3.05) is 5.32 Å². The van der Waals surface area contributed by atoms with Gasteiger partial charge in [0.05, 0.1) is 0 Å². The van der Waals surface area contributed by atoms with Crippen LogP contribution in [0, 0.1) is 0 Å². The van der Waals surface area contributed by atoms with Gasteiger partial charge in [-0.25, -0.2) is 0 Å². The van der Waals surface area contributed by atoms with Gasteiger partial charge in [0.15, 0.2) is 0 Å². The fourth-order valence-corrected chi connectivity index (χ4v) is 8.52. The van der Waals surface area contributed by atoms with Crippen LogP contribution in [0.15, 0.2) is 18.5 Å². The predicted molar refractivity (Wildman–Crippen MR) is 103 cm³/mol. The molecule has 0 aromatic carbocycles. The van der Waals surface area contributed by atoms with Crippen LogP contribution in [0.1, 0.15) is 78.6 Å². The molecule has 0 saturated heterocycles. The molecular weight excluding hydrogens is 407 g/mol. The molecule has 2 N–H and O–H groups in total. The average molecular weight is 439 g/mol. The van der Waals surface area contributed by atoms with E-state index in [9.17, 15) is 4.79 Å². The van der Waals surface area contributed by atoms with Gasteiger partial charge in [-0.05, 0) is 0 Å². The molecule has 0 aliphatic carbocycles. The number of carbonyl (C=O) groups is 1. The van der Waals surface area contributed by atoms with Crippen molar-refractivity contribution in [3.8, 4) is 0 Å². The van der Waals surface area contributed by atoms with E-state index in [2.05, 4.69) is 37.1 Å². The molecular formula is C19H32N2O2Sn. The zero-order valence-corrected chi connectivity index (χ0v) is 18.3. The summed E-state index contributed by atoms with van der Waals surface area (Å²) in [5.41, 5.74) is 0.713. The Bertz CT molecular complexity index is 472. The van der Waals surface area contributed by atoms with Crippen LogP contribution in [0.25, 0.3) is 0 Å². The summed E-state index contributed by atoms with van der Waals surface area (Å²) in [6, 6.07) is 2.05. The minimum absolute atomic E-state index is 0.446. The number of anilines is 1. The van der Waals surface area contributed by atoms with Crippen molar-refractivity contribution in [2.24, 2.45) is 0 Å². The van der Waals surface area contributed by atoms with Crippen molar-refractivity contribution in [3.63, 3.8) is 0 Å². The van der Waals surface area contributed by atoms with Crippen LogP contribution in [0.5, 0.6) is 0 Å². The summed E-state index contributed by atoms with van der Waals surface area (Å²) in [5.74, 6) is 0. The molecule has 4 nitrogen and oxygen atoms in total. The molecule has 0 spiro atoms. The van der Waals surface area contributed by atoms with Gasteiger partial charge in [0.2, 0.25) is 0 Å². The van der Waals surface area contributed by atoms with Crippen LogP contribution >= 0.6 is 0 Å². The first-order valence-electron chi connectivity index (χ1n) is 9.29. The molecule has 5 heteroatoms. The normalized spacial score (nSPS) is 11.5. The fourth-order valence-electron chi connectivity index (χ4n) is 3.11. The number of rotatable bonds is 12. The van der Waals surface area contributed by atoms with E-state index in [-0.39, 0.29) is 0 Å². The second kappa shape index (κ2) is 11.7. The van der Waals surface area contributed by atoms with Gasteiger partial charge < -0.3 is 0 Å². The van der Waals surface area contributed by atoms with E-state index >= 15 is 0 Å². The summed E-state index contributed by atoms with van der Waals surface area (Å²) < 4.78 is 1.70. The summed E-state index contributed by atoms with van der Waals surface area (Å²) in [6.07, 6.45) is 13.9. The molecule has 1 amide bonds. The summed E-state index contributed by atoms with van der Waals surface area (Å²) in [4.78, 5) is 15.2. The van der Waals surface area contributed by atoms with Gasteiger partial charge in [0, 0.05) is 0 Å². The molecule has 0 bridgehead atoms. The Morgan fingerprint density at radius 2 is 1.67 bits per heavy atom. The molecule has 0 saturated carbocycles. The Morgan fingerprint density at radius 3 is 2.12 bits per heavy atom. The Kier molecular flexibility index (Phi) is 10.4. The molecule has 0 fully saturated rings. The Labute approximate surface area is 157 Å². The van der Waals surface area contributed by atoms with Crippen molar-refractivity contribution in [3.05, 3.63) is 18.5 Å². The van der Waals surface area contributed by atoms with Gasteiger partial charge >= 0.3 is 157 Å². The molecule has 1 aromatic rings. The number of unbranched alkanes of at least 4 members (excludes halogenated alkanes) is 3. The summed E-state index contributed by atoms with van der Waals surface area (Å²) in [7, 11) is 0. The SMILES string of the molecule is CCCC[C](CCCC)(CCCC)[Sn][c]1ccncc1NC(=O)O. The third-order valence-electron chi connectivity index (χ3n) is 4.49. The number of aromatic nitrogens is 1. The number of hydrogen-bond donors (Lipinski definition) is 2. The van der Waals surface area contributed by atoms with E-state index in [1.54, 1.807) is 6.20 Å². The number of pyridine rings is 1. The molecule has 2 radical (unpaired) electrons. The third kappa shape index (κ3) is 7.41. The van der Waals surface area contributed by atoms with Gasteiger partial charge in [-0.3, -0.25) is 0 Å². The summed E-state index contributed by atoms with van der Waals surface area (Å²) >= 11 is -0.948. The molecule has 0 unspecified atom stereocenters. The molecule has 24 heavy (non-hydrogen) atoms. The van der Waals surface area contributed by atoms with Crippen LogP contribution in [0.4, 0.5) is 10.5 Å². The number of nitrogens with zero attached hydrogens (tertiary/aromatic N) is 1. The molecule has 1 rings (SSSR count). The van der Waals surface area contributed by atoms with Gasteiger partial charge in [0.1, 0.15) is 0 Å². The van der Waals surface area contributed by atoms with E-state index in [1.165, 1.54) is 61.4 Å². The van der Waals surface area contributed by atoms with Crippen molar-refractivity contribution >= 4 is 36.5 Å². The quantitative estimate of drug-likeness (QED) is 0.439. The molecule has 134 valence electrons.